The van der Waals surface area contributed by atoms with E-state index in [2.05, 4.69) is 4.74 Å². The summed E-state index contributed by atoms with van der Waals surface area (Å²) < 4.78 is 4.58. The van der Waals surface area contributed by atoms with Gasteiger partial charge in [0.25, 0.3) is 0 Å². The van der Waals surface area contributed by atoms with E-state index < -0.39 is 23.3 Å². The Morgan fingerprint density at radius 1 is 1.54 bits per heavy atom. The average Bonchev–Trinajstić information content (AvgIpc) is 2.47. The Kier molecular flexibility index (Phi) is 2.59. The van der Waals surface area contributed by atoms with Crippen molar-refractivity contribution in [3.8, 4) is 0 Å². The van der Waals surface area contributed by atoms with Crippen molar-refractivity contribution in [2.45, 2.75) is 26.2 Å². The highest BCUT2D eigenvalue weighted by Crippen LogP contribution is 2.43. The number of rotatable bonds is 2. The molecule has 0 spiro atoms. The van der Waals surface area contributed by atoms with Gasteiger partial charge in [-0.3, -0.25) is 9.59 Å². The molecule has 0 heterocycles. The zero-order valence-corrected chi connectivity index (χ0v) is 7.87. The molecule has 1 N–H and O–H groups in total. The molecule has 0 aromatic carbocycles. The molecule has 0 radical (unpaired) electrons. The highest BCUT2D eigenvalue weighted by Gasteiger charge is 2.49. The van der Waals surface area contributed by atoms with Crippen LogP contribution in [0.1, 0.15) is 26.2 Å². The minimum Gasteiger partial charge on any atom is -0.481 e. The lowest BCUT2D eigenvalue weighted by atomic mass is 9.80. The Labute approximate surface area is 76.9 Å². The summed E-state index contributed by atoms with van der Waals surface area (Å²) in [6, 6.07) is 0. The topological polar surface area (TPSA) is 63.6 Å². The van der Waals surface area contributed by atoms with Gasteiger partial charge < -0.3 is 9.84 Å². The number of carboxylic acids is 1. The number of hydrogen-bond donors (Lipinski definition) is 1. The van der Waals surface area contributed by atoms with Crippen LogP contribution in [-0.4, -0.2) is 24.2 Å². The largest absolute Gasteiger partial charge is 0.481 e. The van der Waals surface area contributed by atoms with E-state index in [1.807, 2.05) is 0 Å². The number of aliphatic carboxylic acids is 1. The van der Waals surface area contributed by atoms with Crippen LogP contribution in [0.2, 0.25) is 0 Å². The number of carbonyl (C=O) groups excluding carboxylic acids is 1. The summed E-state index contributed by atoms with van der Waals surface area (Å²) in [7, 11) is 1.29. The molecule has 1 fully saturated rings. The maximum Gasteiger partial charge on any atom is 0.310 e. The van der Waals surface area contributed by atoms with Gasteiger partial charge in [0.15, 0.2) is 0 Å². The van der Waals surface area contributed by atoms with Gasteiger partial charge in [0.2, 0.25) is 0 Å². The van der Waals surface area contributed by atoms with Crippen LogP contribution in [0.3, 0.4) is 0 Å². The second-order valence-electron chi connectivity index (χ2n) is 3.69. The van der Waals surface area contributed by atoms with Crippen LogP contribution in [0, 0.1) is 11.3 Å². The summed E-state index contributed by atoms with van der Waals surface area (Å²) in [6.07, 6.45) is 1.96. The van der Waals surface area contributed by atoms with Crippen molar-refractivity contribution >= 4 is 11.9 Å². The first kappa shape index (κ1) is 10.0. The molecular weight excluding hydrogens is 172 g/mol. The van der Waals surface area contributed by atoms with Crippen LogP contribution in [0.4, 0.5) is 0 Å². The maximum absolute atomic E-state index is 11.2. The van der Waals surface area contributed by atoms with Crippen molar-refractivity contribution in [1.29, 1.82) is 0 Å². The molecule has 1 aliphatic rings. The summed E-state index contributed by atoms with van der Waals surface area (Å²) >= 11 is 0. The molecule has 1 saturated carbocycles. The fraction of sp³-hybridized carbons (Fsp3) is 0.778. The van der Waals surface area contributed by atoms with Crippen molar-refractivity contribution in [3.05, 3.63) is 0 Å². The molecule has 0 aromatic rings. The van der Waals surface area contributed by atoms with E-state index >= 15 is 0 Å². The summed E-state index contributed by atoms with van der Waals surface area (Å²) in [4.78, 5) is 22.2. The summed E-state index contributed by atoms with van der Waals surface area (Å²) in [5, 5.41) is 8.98. The molecule has 2 unspecified atom stereocenters. The van der Waals surface area contributed by atoms with Gasteiger partial charge in [0.05, 0.1) is 18.4 Å². The van der Waals surface area contributed by atoms with Crippen molar-refractivity contribution < 1.29 is 19.4 Å². The van der Waals surface area contributed by atoms with E-state index in [0.29, 0.717) is 12.8 Å². The predicted molar refractivity (Wildman–Crippen MR) is 45.1 cm³/mol. The third kappa shape index (κ3) is 1.53. The standard InChI is InChI=1S/C9H14O4/c1-9(8(11)12)5-3-4-6(9)7(10)13-2/h6H,3-5H2,1-2H3,(H,11,12). The highest BCUT2D eigenvalue weighted by molar-refractivity contribution is 5.84. The zero-order valence-electron chi connectivity index (χ0n) is 7.87. The van der Waals surface area contributed by atoms with Crippen LogP contribution in [0.5, 0.6) is 0 Å². The van der Waals surface area contributed by atoms with Crippen LogP contribution >= 0.6 is 0 Å². The molecular formula is C9H14O4. The van der Waals surface area contributed by atoms with Gasteiger partial charge in [0.1, 0.15) is 0 Å². The first-order valence-corrected chi connectivity index (χ1v) is 4.33. The molecule has 13 heavy (non-hydrogen) atoms. The summed E-state index contributed by atoms with van der Waals surface area (Å²) in [5.41, 5.74) is -0.924. The molecule has 4 heteroatoms. The molecule has 4 nitrogen and oxygen atoms in total. The zero-order chi connectivity index (χ0) is 10.1. The van der Waals surface area contributed by atoms with Gasteiger partial charge in [-0.2, -0.15) is 0 Å². The Hall–Kier alpha value is -1.06. The Balaban J connectivity index is 2.85. The lowest BCUT2D eigenvalue weighted by Crippen LogP contribution is -2.36. The van der Waals surface area contributed by atoms with Gasteiger partial charge in [-0.05, 0) is 19.8 Å². The molecule has 1 rings (SSSR count). The SMILES string of the molecule is COC(=O)C1CCCC1(C)C(=O)O. The van der Waals surface area contributed by atoms with E-state index in [1.165, 1.54) is 7.11 Å². The third-order valence-electron chi connectivity index (χ3n) is 2.93. The average molecular weight is 186 g/mol. The Morgan fingerprint density at radius 3 is 2.62 bits per heavy atom. The van der Waals surface area contributed by atoms with Gasteiger partial charge in [-0.15, -0.1) is 0 Å². The monoisotopic (exact) mass is 186 g/mol. The highest BCUT2D eigenvalue weighted by atomic mass is 16.5. The predicted octanol–water partition coefficient (Wildman–Crippen LogP) is 1.05. The quantitative estimate of drug-likeness (QED) is 0.655. The lowest BCUT2D eigenvalue weighted by Gasteiger charge is -2.24. The second-order valence-corrected chi connectivity index (χ2v) is 3.69. The summed E-state index contributed by atoms with van der Waals surface area (Å²) in [6.45, 7) is 1.62. The van der Waals surface area contributed by atoms with E-state index in [4.69, 9.17) is 5.11 Å². The lowest BCUT2D eigenvalue weighted by molar-refractivity contribution is -0.161. The number of carbonyl (C=O) groups is 2. The number of carboxylic acid groups (broad SMARTS) is 1. The molecule has 74 valence electrons. The number of methoxy groups -OCH3 is 1. The van der Waals surface area contributed by atoms with Gasteiger partial charge >= 0.3 is 11.9 Å². The van der Waals surface area contributed by atoms with E-state index in [9.17, 15) is 9.59 Å². The second kappa shape index (κ2) is 3.36. The van der Waals surface area contributed by atoms with Crippen LogP contribution in [0.25, 0.3) is 0 Å². The smallest absolute Gasteiger partial charge is 0.310 e. The number of hydrogen-bond acceptors (Lipinski definition) is 3. The first-order valence-electron chi connectivity index (χ1n) is 4.33. The third-order valence-corrected chi connectivity index (χ3v) is 2.93. The van der Waals surface area contributed by atoms with Crippen molar-refractivity contribution in [3.63, 3.8) is 0 Å². The van der Waals surface area contributed by atoms with E-state index in [1.54, 1.807) is 6.92 Å². The van der Waals surface area contributed by atoms with Gasteiger partial charge in [0, 0.05) is 0 Å². The van der Waals surface area contributed by atoms with Crippen molar-refractivity contribution in [1.82, 2.24) is 0 Å². The van der Waals surface area contributed by atoms with Crippen molar-refractivity contribution in [2.24, 2.45) is 11.3 Å². The normalized spacial score (nSPS) is 32.9. The number of esters is 1. The maximum atomic E-state index is 11.2. The minimum absolute atomic E-state index is 0.401. The fourth-order valence-electron chi connectivity index (χ4n) is 1.94. The number of ether oxygens (including phenoxy) is 1. The van der Waals surface area contributed by atoms with E-state index in [-0.39, 0.29) is 0 Å². The summed E-state index contributed by atoms with van der Waals surface area (Å²) in [5.74, 6) is -1.78. The molecule has 0 bridgehead atoms. The fourth-order valence-corrected chi connectivity index (χ4v) is 1.94. The molecule has 0 saturated heterocycles. The molecule has 2 atom stereocenters. The molecule has 0 aliphatic heterocycles. The molecule has 0 amide bonds. The molecule has 0 aromatic heterocycles. The van der Waals surface area contributed by atoms with Crippen LogP contribution in [0.15, 0.2) is 0 Å². The van der Waals surface area contributed by atoms with Crippen LogP contribution < -0.4 is 0 Å². The first-order chi connectivity index (χ1) is 6.02. The van der Waals surface area contributed by atoms with Gasteiger partial charge in [-0.25, -0.2) is 0 Å². The molecule has 1 aliphatic carbocycles. The van der Waals surface area contributed by atoms with E-state index in [0.717, 1.165) is 6.42 Å². The van der Waals surface area contributed by atoms with Crippen LogP contribution in [-0.2, 0) is 14.3 Å². The Morgan fingerprint density at radius 2 is 2.15 bits per heavy atom. The minimum atomic E-state index is -0.924. The van der Waals surface area contributed by atoms with Gasteiger partial charge in [-0.1, -0.05) is 6.42 Å². The van der Waals surface area contributed by atoms with Crippen molar-refractivity contribution in [2.75, 3.05) is 7.11 Å². The Bertz CT molecular complexity index is 236.